The minimum atomic E-state index is 0.273. The molecule has 0 amide bonds. The average molecular weight is 185 g/mol. The molecule has 2 unspecified atom stereocenters. The van der Waals surface area contributed by atoms with E-state index in [1.807, 2.05) is 0 Å². The number of nitrogens with zero attached hydrogens (tertiary/aromatic N) is 1. The summed E-state index contributed by atoms with van der Waals surface area (Å²) in [4.78, 5) is 2.28. The van der Waals surface area contributed by atoms with Gasteiger partial charge in [0.25, 0.3) is 0 Å². The molecule has 3 N–H and O–H groups in total. The molecule has 0 saturated heterocycles. The number of hydrogen-bond acceptors (Lipinski definition) is 2. The highest BCUT2D eigenvalue weighted by Crippen LogP contribution is 2.12. The lowest BCUT2D eigenvalue weighted by molar-refractivity contribution is 0.161. The SMILES string of the molecule is CC(C)C(C)N(C)C(C)CC(=N)N. The first kappa shape index (κ1) is 12.4. The molecule has 2 atom stereocenters. The van der Waals surface area contributed by atoms with Crippen LogP contribution in [0.5, 0.6) is 0 Å². The van der Waals surface area contributed by atoms with E-state index in [0.29, 0.717) is 24.4 Å². The predicted octanol–water partition coefficient (Wildman–Crippen LogP) is 1.68. The third kappa shape index (κ3) is 4.27. The summed E-state index contributed by atoms with van der Waals surface area (Å²) in [7, 11) is 2.10. The van der Waals surface area contributed by atoms with E-state index in [1.54, 1.807) is 0 Å². The van der Waals surface area contributed by atoms with Crippen molar-refractivity contribution in [1.82, 2.24) is 4.90 Å². The Morgan fingerprint density at radius 1 is 1.31 bits per heavy atom. The van der Waals surface area contributed by atoms with Crippen LogP contribution in [0.1, 0.15) is 34.1 Å². The van der Waals surface area contributed by atoms with Gasteiger partial charge in [-0.25, -0.2) is 0 Å². The zero-order valence-corrected chi connectivity index (χ0v) is 9.46. The highest BCUT2D eigenvalue weighted by Gasteiger charge is 2.18. The maximum Gasteiger partial charge on any atom is 0.0920 e. The number of rotatable bonds is 5. The summed E-state index contributed by atoms with van der Waals surface area (Å²) >= 11 is 0. The van der Waals surface area contributed by atoms with Crippen molar-refractivity contribution in [3.8, 4) is 0 Å². The van der Waals surface area contributed by atoms with Crippen molar-refractivity contribution in [3.05, 3.63) is 0 Å². The summed E-state index contributed by atoms with van der Waals surface area (Å²) in [6.45, 7) is 8.74. The zero-order valence-electron chi connectivity index (χ0n) is 9.46. The molecule has 3 nitrogen and oxygen atoms in total. The fourth-order valence-electron chi connectivity index (χ4n) is 1.33. The van der Waals surface area contributed by atoms with E-state index in [2.05, 4.69) is 39.6 Å². The van der Waals surface area contributed by atoms with E-state index in [9.17, 15) is 0 Å². The van der Waals surface area contributed by atoms with Gasteiger partial charge in [-0.15, -0.1) is 0 Å². The van der Waals surface area contributed by atoms with E-state index in [1.165, 1.54) is 0 Å². The molecule has 0 aliphatic heterocycles. The fraction of sp³-hybridized carbons (Fsp3) is 0.900. The monoisotopic (exact) mass is 185 g/mol. The van der Waals surface area contributed by atoms with Crippen LogP contribution in [0.4, 0.5) is 0 Å². The molecule has 0 aliphatic rings. The smallest absolute Gasteiger partial charge is 0.0920 e. The van der Waals surface area contributed by atoms with Crippen molar-refractivity contribution in [3.63, 3.8) is 0 Å². The van der Waals surface area contributed by atoms with Gasteiger partial charge in [0.05, 0.1) is 5.84 Å². The van der Waals surface area contributed by atoms with Crippen molar-refractivity contribution < 1.29 is 0 Å². The van der Waals surface area contributed by atoms with E-state index in [-0.39, 0.29) is 5.84 Å². The maximum atomic E-state index is 7.22. The maximum absolute atomic E-state index is 7.22. The molecular formula is C10H23N3. The highest BCUT2D eigenvalue weighted by atomic mass is 15.2. The van der Waals surface area contributed by atoms with E-state index in [4.69, 9.17) is 11.1 Å². The van der Waals surface area contributed by atoms with Gasteiger partial charge in [0, 0.05) is 18.5 Å². The van der Waals surface area contributed by atoms with Crippen LogP contribution in [-0.4, -0.2) is 29.9 Å². The number of nitrogens with one attached hydrogen (secondary N) is 1. The van der Waals surface area contributed by atoms with Crippen molar-refractivity contribution in [2.75, 3.05) is 7.05 Å². The average Bonchev–Trinajstić information content (AvgIpc) is 2.00. The van der Waals surface area contributed by atoms with Crippen LogP contribution in [0.25, 0.3) is 0 Å². The van der Waals surface area contributed by atoms with Gasteiger partial charge in [0.1, 0.15) is 0 Å². The lowest BCUT2D eigenvalue weighted by Gasteiger charge is -2.33. The second-order valence-corrected chi connectivity index (χ2v) is 4.23. The van der Waals surface area contributed by atoms with Crippen LogP contribution < -0.4 is 5.73 Å². The fourth-order valence-corrected chi connectivity index (χ4v) is 1.33. The molecule has 0 aromatic carbocycles. The Balaban J connectivity index is 4.08. The quantitative estimate of drug-likeness (QED) is 0.506. The Labute approximate surface area is 81.8 Å². The topological polar surface area (TPSA) is 53.1 Å². The molecule has 0 aromatic rings. The molecule has 78 valence electrons. The Morgan fingerprint density at radius 2 is 1.77 bits per heavy atom. The zero-order chi connectivity index (χ0) is 10.6. The summed E-state index contributed by atoms with van der Waals surface area (Å²) in [6, 6.07) is 0.893. The summed E-state index contributed by atoms with van der Waals surface area (Å²) in [5, 5.41) is 7.22. The van der Waals surface area contributed by atoms with Crippen LogP contribution in [-0.2, 0) is 0 Å². The van der Waals surface area contributed by atoms with Gasteiger partial charge in [0.2, 0.25) is 0 Å². The lowest BCUT2D eigenvalue weighted by Crippen LogP contribution is -2.41. The van der Waals surface area contributed by atoms with Gasteiger partial charge >= 0.3 is 0 Å². The first-order valence-corrected chi connectivity index (χ1v) is 4.91. The Bertz CT molecular complexity index is 166. The van der Waals surface area contributed by atoms with Crippen molar-refractivity contribution in [1.29, 1.82) is 5.41 Å². The summed E-state index contributed by atoms with van der Waals surface area (Å²) in [5.74, 6) is 0.912. The molecule has 0 aromatic heterocycles. The largest absolute Gasteiger partial charge is 0.388 e. The molecule has 0 aliphatic carbocycles. The van der Waals surface area contributed by atoms with Gasteiger partial charge in [-0.1, -0.05) is 13.8 Å². The lowest BCUT2D eigenvalue weighted by atomic mass is 10.0. The minimum Gasteiger partial charge on any atom is -0.388 e. The number of amidine groups is 1. The van der Waals surface area contributed by atoms with Crippen molar-refractivity contribution >= 4 is 5.84 Å². The van der Waals surface area contributed by atoms with Gasteiger partial charge < -0.3 is 10.6 Å². The van der Waals surface area contributed by atoms with Gasteiger partial charge in [0.15, 0.2) is 0 Å². The number of nitrogens with two attached hydrogens (primary N) is 1. The highest BCUT2D eigenvalue weighted by molar-refractivity contribution is 5.77. The normalized spacial score (nSPS) is 16.2. The Kier molecular flexibility index (Phi) is 4.99. The molecule has 0 spiro atoms. The van der Waals surface area contributed by atoms with E-state index >= 15 is 0 Å². The number of hydrogen-bond donors (Lipinski definition) is 2. The Morgan fingerprint density at radius 3 is 2.08 bits per heavy atom. The van der Waals surface area contributed by atoms with Crippen LogP contribution in [0.3, 0.4) is 0 Å². The van der Waals surface area contributed by atoms with Crippen LogP contribution >= 0.6 is 0 Å². The van der Waals surface area contributed by atoms with Gasteiger partial charge in [-0.05, 0) is 26.8 Å². The first-order valence-electron chi connectivity index (χ1n) is 4.91. The van der Waals surface area contributed by atoms with Gasteiger partial charge in [-0.3, -0.25) is 5.41 Å². The van der Waals surface area contributed by atoms with Crippen LogP contribution in [0, 0.1) is 11.3 Å². The third-order valence-electron chi connectivity index (χ3n) is 2.82. The molecule has 0 rings (SSSR count). The van der Waals surface area contributed by atoms with E-state index < -0.39 is 0 Å². The van der Waals surface area contributed by atoms with Gasteiger partial charge in [-0.2, -0.15) is 0 Å². The minimum absolute atomic E-state index is 0.273. The molecular weight excluding hydrogens is 162 g/mol. The van der Waals surface area contributed by atoms with Crippen molar-refractivity contribution in [2.24, 2.45) is 11.7 Å². The summed E-state index contributed by atoms with van der Waals surface area (Å²) in [6.07, 6.45) is 0.660. The molecule has 13 heavy (non-hydrogen) atoms. The van der Waals surface area contributed by atoms with E-state index in [0.717, 1.165) is 0 Å². The molecule has 0 radical (unpaired) electrons. The second-order valence-electron chi connectivity index (χ2n) is 4.23. The molecule has 3 heteroatoms. The summed E-state index contributed by atoms with van der Waals surface area (Å²) in [5.41, 5.74) is 5.36. The summed E-state index contributed by atoms with van der Waals surface area (Å²) < 4.78 is 0. The molecule has 0 fully saturated rings. The standard InChI is InChI=1S/C10H23N3/c1-7(2)9(4)13(5)8(3)6-10(11)12/h7-9H,6H2,1-5H3,(H3,11,12). The van der Waals surface area contributed by atoms with Crippen molar-refractivity contribution in [2.45, 2.75) is 46.2 Å². The second kappa shape index (κ2) is 5.22. The first-order chi connectivity index (χ1) is 5.86. The third-order valence-corrected chi connectivity index (χ3v) is 2.82. The molecule has 0 saturated carbocycles. The van der Waals surface area contributed by atoms with Crippen LogP contribution in [0.2, 0.25) is 0 Å². The Hall–Kier alpha value is -0.570. The molecule has 0 heterocycles. The van der Waals surface area contributed by atoms with Crippen LogP contribution in [0.15, 0.2) is 0 Å². The molecule has 0 bridgehead atoms. The predicted molar refractivity (Wildman–Crippen MR) is 58.1 cm³/mol.